The number of aromatic nitrogens is 2. The van der Waals surface area contributed by atoms with E-state index in [-0.39, 0.29) is 10.6 Å². The smallest absolute Gasteiger partial charge is 0.269 e. The molecule has 1 N–H and O–H groups in total. The molecule has 3 aromatic carbocycles. The first-order chi connectivity index (χ1) is 18.4. The number of hydrogen-bond acceptors (Lipinski definition) is 3. The van der Waals surface area contributed by atoms with Crippen LogP contribution in [0.2, 0.25) is 5.02 Å². The number of nitro benzene ring substituents is 1. The van der Waals surface area contributed by atoms with Crippen LogP contribution in [-0.4, -0.2) is 18.9 Å². The SMILES string of the molecule is Cc1ccc(-c2cn3c(C(=S)Nc4ccc(Cl)cc4)c(-c4ccc([N+](=O)[O-])cc4)c4c3n2CCCC4)cc1. The largest absolute Gasteiger partial charge is 0.345 e. The van der Waals surface area contributed by atoms with Crippen LogP contribution in [0.5, 0.6) is 0 Å². The fourth-order valence-electron chi connectivity index (χ4n) is 5.35. The number of imidazole rings is 1. The molecule has 0 saturated heterocycles. The maximum absolute atomic E-state index is 11.3. The quantitative estimate of drug-likeness (QED) is 0.139. The second-order valence-electron chi connectivity index (χ2n) is 9.65. The monoisotopic (exact) mass is 540 g/mol. The van der Waals surface area contributed by atoms with Crippen LogP contribution in [0.3, 0.4) is 0 Å². The third kappa shape index (κ3) is 4.27. The number of aryl methyl sites for hydroxylation is 3. The van der Waals surface area contributed by atoms with E-state index in [4.69, 9.17) is 23.8 Å². The number of anilines is 1. The van der Waals surface area contributed by atoms with E-state index in [1.165, 1.54) is 11.1 Å². The van der Waals surface area contributed by atoms with Crippen molar-refractivity contribution in [3.05, 3.63) is 111 Å². The van der Waals surface area contributed by atoms with Crippen molar-refractivity contribution in [2.24, 2.45) is 0 Å². The van der Waals surface area contributed by atoms with Gasteiger partial charge in [-0.25, -0.2) is 0 Å². The van der Waals surface area contributed by atoms with E-state index in [2.05, 4.69) is 51.7 Å². The average molecular weight is 541 g/mol. The van der Waals surface area contributed by atoms with Crippen molar-refractivity contribution in [2.45, 2.75) is 32.7 Å². The van der Waals surface area contributed by atoms with Gasteiger partial charge in [-0.1, -0.05) is 53.6 Å². The van der Waals surface area contributed by atoms with Gasteiger partial charge < -0.3 is 9.88 Å². The number of nitro groups is 1. The topological polar surface area (TPSA) is 64.5 Å². The summed E-state index contributed by atoms with van der Waals surface area (Å²) in [6.45, 7) is 3.00. The second kappa shape index (κ2) is 9.74. The highest BCUT2D eigenvalue weighted by Crippen LogP contribution is 2.40. The minimum atomic E-state index is -0.370. The second-order valence-corrected chi connectivity index (χ2v) is 10.5. The Balaban J connectivity index is 1.59. The predicted octanol–water partition coefficient (Wildman–Crippen LogP) is 8.07. The van der Waals surface area contributed by atoms with Crippen LogP contribution in [0.1, 0.15) is 29.7 Å². The lowest BCUT2D eigenvalue weighted by atomic mass is 9.97. The fraction of sp³-hybridized carbons (Fsp3) is 0.167. The van der Waals surface area contributed by atoms with Crippen LogP contribution in [0.15, 0.2) is 79.0 Å². The van der Waals surface area contributed by atoms with Gasteiger partial charge in [0.05, 0.1) is 16.3 Å². The maximum atomic E-state index is 11.3. The number of hydrogen-bond donors (Lipinski definition) is 1. The first-order valence-corrected chi connectivity index (χ1v) is 13.3. The number of thiocarbonyl (C=S) groups is 1. The van der Waals surface area contributed by atoms with Crippen molar-refractivity contribution in [2.75, 3.05) is 5.32 Å². The lowest BCUT2D eigenvalue weighted by molar-refractivity contribution is -0.384. The summed E-state index contributed by atoms with van der Waals surface area (Å²) < 4.78 is 4.61. The van der Waals surface area contributed by atoms with Crippen LogP contribution in [0.25, 0.3) is 28.0 Å². The van der Waals surface area contributed by atoms with Gasteiger partial charge in [0.2, 0.25) is 0 Å². The Labute approximate surface area is 230 Å². The molecule has 0 spiro atoms. The first-order valence-electron chi connectivity index (χ1n) is 12.6. The normalized spacial score (nSPS) is 12.9. The fourth-order valence-corrected chi connectivity index (χ4v) is 5.79. The molecule has 3 heterocycles. The van der Waals surface area contributed by atoms with Crippen LogP contribution in [0, 0.1) is 17.0 Å². The van der Waals surface area contributed by atoms with Gasteiger partial charge in [0.1, 0.15) is 10.6 Å². The standard InChI is InChI=1S/C30H25ClN4O2S/c1-19-5-7-20(8-6-19)26-18-34-28(29(38)32-23-13-11-22(31)12-14-23)27(21-9-15-24(16-10-21)35(36)37)25-4-2-3-17-33(26)30(25)34/h5-16,18H,2-4,17H2,1H3,(H,32,38). The maximum Gasteiger partial charge on any atom is 0.269 e. The summed E-state index contributed by atoms with van der Waals surface area (Å²) in [5.41, 5.74) is 9.59. The van der Waals surface area contributed by atoms with E-state index >= 15 is 0 Å². The molecule has 0 atom stereocenters. The van der Waals surface area contributed by atoms with Crippen LogP contribution in [-0.2, 0) is 13.0 Å². The summed E-state index contributed by atoms with van der Waals surface area (Å²) in [6.07, 6.45) is 5.19. The molecular weight excluding hydrogens is 516 g/mol. The highest BCUT2D eigenvalue weighted by molar-refractivity contribution is 7.81. The highest BCUT2D eigenvalue weighted by atomic mass is 35.5. The third-order valence-electron chi connectivity index (χ3n) is 7.17. The van der Waals surface area contributed by atoms with Gasteiger partial charge in [-0.3, -0.25) is 14.5 Å². The van der Waals surface area contributed by atoms with E-state index < -0.39 is 0 Å². The van der Waals surface area contributed by atoms with E-state index in [0.717, 1.165) is 65.2 Å². The van der Waals surface area contributed by atoms with E-state index in [1.54, 1.807) is 12.1 Å². The summed E-state index contributed by atoms with van der Waals surface area (Å²) >= 11 is 12.1. The third-order valence-corrected chi connectivity index (χ3v) is 7.71. The van der Waals surface area contributed by atoms with Gasteiger partial charge in [-0.15, -0.1) is 0 Å². The molecule has 8 heteroatoms. The van der Waals surface area contributed by atoms with Crippen LogP contribution in [0.4, 0.5) is 11.4 Å². The molecule has 1 aliphatic heterocycles. The minimum Gasteiger partial charge on any atom is -0.345 e. The average Bonchev–Trinajstić information content (AvgIpc) is 3.33. The number of non-ortho nitro benzene ring substituents is 1. The van der Waals surface area contributed by atoms with E-state index in [0.29, 0.717) is 10.0 Å². The zero-order chi connectivity index (χ0) is 26.4. The summed E-state index contributed by atoms with van der Waals surface area (Å²) in [7, 11) is 0. The van der Waals surface area contributed by atoms with E-state index in [1.807, 2.05) is 36.4 Å². The number of halogens is 1. The van der Waals surface area contributed by atoms with Crippen molar-refractivity contribution in [3.63, 3.8) is 0 Å². The Kier molecular flexibility index (Phi) is 6.26. The Hall–Kier alpha value is -3.94. The molecule has 6 rings (SSSR count). The van der Waals surface area contributed by atoms with Crippen LogP contribution < -0.4 is 5.32 Å². The molecule has 0 bridgehead atoms. The minimum absolute atomic E-state index is 0.0676. The molecule has 190 valence electrons. The Morgan fingerprint density at radius 3 is 2.34 bits per heavy atom. The number of nitrogens with zero attached hydrogens (tertiary/aromatic N) is 3. The summed E-state index contributed by atoms with van der Waals surface area (Å²) in [5, 5.41) is 15.4. The first kappa shape index (κ1) is 24.4. The van der Waals surface area contributed by atoms with Crippen LogP contribution >= 0.6 is 23.8 Å². The molecule has 0 unspecified atom stereocenters. The Morgan fingerprint density at radius 2 is 1.66 bits per heavy atom. The zero-order valence-electron chi connectivity index (χ0n) is 20.8. The molecule has 2 aromatic heterocycles. The van der Waals surface area contributed by atoms with Crippen molar-refractivity contribution in [3.8, 4) is 22.4 Å². The molecule has 0 amide bonds. The summed E-state index contributed by atoms with van der Waals surface area (Å²) in [5.74, 6) is 0. The van der Waals surface area contributed by atoms with Gasteiger partial charge in [-0.2, -0.15) is 0 Å². The molecule has 5 aromatic rings. The predicted molar refractivity (Wildman–Crippen MR) is 157 cm³/mol. The van der Waals surface area contributed by atoms with Gasteiger partial charge in [0.25, 0.3) is 5.69 Å². The summed E-state index contributed by atoms with van der Waals surface area (Å²) in [4.78, 5) is 11.5. The van der Waals surface area contributed by atoms with Crippen molar-refractivity contribution in [1.82, 2.24) is 8.97 Å². The van der Waals surface area contributed by atoms with Crippen molar-refractivity contribution in [1.29, 1.82) is 0 Å². The van der Waals surface area contributed by atoms with Crippen molar-refractivity contribution >= 4 is 45.8 Å². The Bertz CT molecular complexity index is 1680. The summed E-state index contributed by atoms with van der Waals surface area (Å²) in [6, 6.07) is 22.8. The molecule has 0 radical (unpaired) electrons. The van der Waals surface area contributed by atoms with Crippen molar-refractivity contribution < 1.29 is 4.92 Å². The lowest BCUT2D eigenvalue weighted by Crippen LogP contribution is -2.14. The highest BCUT2D eigenvalue weighted by Gasteiger charge is 2.28. The molecular formula is C30H25ClN4O2S. The lowest BCUT2D eigenvalue weighted by Gasteiger charge is -2.12. The molecule has 6 nitrogen and oxygen atoms in total. The van der Waals surface area contributed by atoms with E-state index in [9.17, 15) is 10.1 Å². The number of rotatable bonds is 5. The molecule has 0 saturated carbocycles. The van der Waals surface area contributed by atoms with Gasteiger partial charge in [0, 0.05) is 46.7 Å². The Morgan fingerprint density at radius 1 is 0.974 bits per heavy atom. The van der Waals surface area contributed by atoms with Gasteiger partial charge in [-0.05, 0) is 73.7 Å². The molecule has 38 heavy (non-hydrogen) atoms. The number of benzene rings is 3. The van der Waals surface area contributed by atoms with Gasteiger partial charge >= 0.3 is 0 Å². The molecule has 0 fully saturated rings. The van der Waals surface area contributed by atoms with Gasteiger partial charge in [0.15, 0.2) is 0 Å². The zero-order valence-corrected chi connectivity index (χ0v) is 22.4. The molecule has 1 aliphatic rings. The number of nitrogens with one attached hydrogen (secondary N) is 1. The molecule has 0 aliphatic carbocycles.